The van der Waals surface area contributed by atoms with Crippen LogP contribution < -0.4 is 4.90 Å². The van der Waals surface area contributed by atoms with Gasteiger partial charge >= 0.3 is 0 Å². The molecule has 0 radical (unpaired) electrons. The van der Waals surface area contributed by atoms with Crippen LogP contribution >= 0.6 is 0 Å². The van der Waals surface area contributed by atoms with Gasteiger partial charge in [0.05, 0.1) is 5.69 Å². The predicted molar refractivity (Wildman–Crippen MR) is 71.0 cm³/mol. The van der Waals surface area contributed by atoms with Crippen molar-refractivity contribution in [1.29, 1.82) is 0 Å². The maximum absolute atomic E-state index is 12.5. The minimum absolute atomic E-state index is 0.168. The standard InChI is InChI=1S/C13H14N4O2/c1-8-4-5-10-9(6-8)11(18)13(2,7-15-16-14)12(19)17(10)3/h4-6H,7H2,1-3H3. The lowest BCUT2D eigenvalue weighted by Crippen LogP contribution is -2.51. The summed E-state index contributed by atoms with van der Waals surface area (Å²) in [6.45, 7) is 3.24. The molecule has 0 saturated heterocycles. The van der Waals surface area contributed by atoms with Crippen LogP contribution in [0.3, 0.4) is 0 Å². The molecule has 2 rings (SSSR count). The Labute approximate surface area is 110 Å². The number of amides is 1. The molecule has 0 aliphatic carbocycles. The lowest BCUT2D eigenvalue weighted by molar-refractivity contribution is -0.124. The molecule has 0 aromatic heterocycles. The van der Waals surface area contributed by atoms with Crippen molar-refractivity contribution >= 4 is 17.4 Å². The topological polar surface area (TPSA) is 86.1 Å². The smallest absolute Gasteiger partial charge is 0.240 e. The molecule has 1 amide bonds. The second-order valence-corrected chi connectivity index (χ2v) is 4.93. The zero-order chi connectivity index (χ0) is 14.2. The van der Waals surface area contributed by atoms with Crippen LogP contribution in [0.15, 0.2) is 23.3 Å². The summed E-state index contributed by atoms with van der Waals surface area (Å²) in [6, 6.07) is 5.37. The van der Waals surface area contributed by atoms with Crippen molar-refractivity contribution in [1.82, 2.24) is 0 Å². The summed E-state index contributed by atoms with van der Waals surface area (Å²) in [7, 11) is 1.62. The molecule has 0 fully saturated rings. The molecular formula is C13H14N4O2. The number of aryl methyl sites for hydroxylation is 1. The fourth-order valence-corrected chi connectivity index (χ4v) is 2.31. The van der Waals surface area contributed by atoms with E-state index in [2.05, 4.69) is 10.0 Å². The van der Waals surface area contributed by atoms with Crippen LogP contribution in [0.1, 0.15) is 22.8 Å². The molecule has 98 valence electrons. The van der Waals surface area contributed by atoms with Gasteiger partial charge in [-0.05, 0) is 31.5 Å². The van der Waals surface area contributed by atoms with Gasteiger partial charge in [-0.3, -0.25) is 9.59 Å². The average Bonchev–Trinajstić information content (AvgIpc) is 2.41. The van der Waals surface area contributed by atoms with Crippen LogP contribution in [-0.4, -0.2) is 25.3 Å². The highest BCUT2D eigenvalue weighted by Gasteiger charge is 2.47. The fourth-order valence-electron chi connectivity index (χ4n) is 2.31. The third-order valence-corrected chi connectivity index (χ3v) is 3.49. The molecule has 1 aliphatic heterocycles. The number of carbonyl (C=O) groups is 2. The number of anilines is 1. The van der Waals surface area contributed by atoms with Gasteiger partial charge in [-0.15, -0.1) is 0 Å². The Morgan fingerprint density at radius 2 is 2.11 bits per heavy atom. The summed E-state index contributed by atoms with van der Waals surface area (Å²) in [5, 5.41) is 3.41. The van der Waals surface area contributed by atoms with Crippen LogP contribution in [0, 0.1) is 12.3 Å². The predicted octanol–water partition coefficient (Wildman–Crippen LogP) is 2.47. The molecule has 0 spiro atoms. The van der Waals surface area contributed by atoms with Crippen LogP contribution in [0.4, 0.5) is 5.69 Å². The quantitative estimate of drug-likeness (QED) is 0.353. The number of ketones is 1. The second kappa shape index (κ2) is 4.40. The van der Waals surface area contributed by atoms with Crippen LogP contribution in [0.2, 0.25) is 0 Å². The number of carbonyl (C=O) groups excluding carboxylic acids is 2. The van der Waals surface area contributed by atoms with Gasteiger partial charge in [0.25, 0.3) is 0 Å². The number of Topliss-reactive ketones (excluding diaryl/α,β-unsaturated/α-hetero) is 1. The second-order valence-electron chi connectivity index (χ2n) is 4.93. The largest absolute Gasteiger partial charge is 0.314 e. The number of nitrogens with zero attached hydrogens (tertiary/aromatic N) is 4. The third-order valence-electron chi connectivity index (χ3n) is 3.49. The van der Waals surface area contributed by atoms with Gasteiger partial charge in [0.2, 0.25) is 5.91 Å². The van der Waals surface area contributed by atoms with Crippen molar-refractivity contribution in [2.24, 2.45) is 10.5 Å². The summed E-state index contributed by atoms with van der Waals surface area (Å²) in [5.41, 5.74) is 9.13. The minimum Gasteiger partial charge on any atom is -0.314 e. The molecule has 6 heteroatoms. The zero-order valence-corrected chi connectivity index (χ0v) is 11.0. The van der Waals surface area contributed by atoms with Gasteiger partial charge in [-0.1, -0.05) is 16.7 Å². The molecular weight excluding hydrogens is 244 g/mol. The summed E-state index contributed by atoms with van der Waals surface area (Å²) in [4.78, 5) is 28.9. The first-order chi connectivity index (χ1) is 8.91. The highest BCUT2D eigenvalue weighted by Crippen LogP contribution is 2.37. The van der Waals surface area contributed by atoms with Gasteiger partial charge in [-0.25, -0.2) is 0 Å². The summed E-state index contributed by atoms with van der Waals surface area (Å²) in [5.74, 6) is -0.636. The number of benzene rings is 1. The number of fused-ring (bicyclic) bond motifs is 1. The number of azide groups is 1. The van der Waals surface area contributed by atoms with E-state index in [9.17, 15) is 9.59 Å². The molecule has 0 saturated carbocycles. The monoisotopic (exact) mass is 258 g/mol. The maximum atomic E-state index is 12.5. The average molecular weight is 258 g/mol. The first-order valence-corrected chi connectivity index (χ1v) is 5.86. The van der Waals surface area contributed by atoms with Crippen LogP contribution in [-0.2, 0) is 4.79 Å². The van der Waals surface area contributed by atoms with Crippen molar-refractivity contribution in [3.05, 3.63) is 39.8 Å². The van der Waals surface area contributed by atoms with E-state index in [1.54, 1.807) is 19.2 Å². The Morgan fingerprint density at radius 3 is 2.74 bits per heavy atom. The van der Waals surface area contributed by atoms with E-state index in [1.165, 1.54) is 11.8 Å². The molecule has 1 aromatic carbocycles. The molecule has 1 aliphatic rings. The van der Waals surface area contributed by atoms with Crippen molar-refractivity contribution in [2.45, 2.75) is 13.8 Å². The lowest BCUT2D eigenvalue weighted by atomic mass is 9.77. The Balaban J connectivity index is 2.61. The lowest BCUT2D eigenvalue weighted by Gasteiger charge is -2.36. The van der Waals surface area contributed by atoms with E-state index < -0.39 is 5.41 Å². The van der Waals surface area contributed by atoms with Crippen LogP contribution in [0.5, 0.6) is 0 Å². The van der Waals surface area contributed by atoms with Crippen molar-refractivity contribution < 1.29 is 9.59 Å². The molecule has 6 nitrogen and oxygen atoms in total. The Hall–Kier alpha value is -2.33. The van der Waals surface area contributed by atoms with Gasteiger partial charge in [0.15, 0.2) is 5.78 Å². The summed E-state index contributed by atoms with van der Waals surface area (Å²) >= 11 is 0. The van der Waals surface area contributed by atoms with E-state index in [-0.39, 0.29) is 18.2 Å². The summed E-state index contributed by atoms with van der Waals surface area (Å²) in [6.07, 6.45) is 0. The SMILES string of the molecule is Cc1ccc2c(c1)C(=O)C(C)(CN=[N+]=[N-])C(=O)N2C. The fraction of sp³-hybridized carbons (Fsp3) is 0.385. The van der Waals surface area contributed by atoms with Crippen molar-refractivity contribution in [3.8, 4) is 0 Å². The Bertz CT molecular complexity index is 619. The normalized spacial score (nSPS) is 21.9. The molecule has 0 bridgehead atoms. The van der Waals surface area contributed by atoms with Crippen molar-refractivity contribution in [2.75, 3.05) is 18.5 Å². The van der Waals surface area contributed by atoms with Crippen molar-refractivity contribution in [3.63, 3.8) is 0 Å². The van der Waals surface area contributed by atoms with E-state index in [4.69, 9.17) is 5.53 Å². The Morgan fingerprint density at radius 1 is 1.42 bits per heavy atom. The van der Waals surface area contributed by atoms with E-state index in [0.29, 0.717) is 11.3 Å². The van der Waals surface area contributed by atoms with Crippen LogP contribution in [0.25, 0.3) is 10.4 Å². The molecule has 1 unspecified atom stereocenters. The van der Waals surface area contributed by atoms with E-state index in [1.807, 2.05) is 13.0 Å². The third kappa shape index (κ3) is 1.86. The molecule has 1 aromatic rings. The highest BCUT2D eigenvalue weighted by molar-refractivity contribution is 6.24. The molecule has 19 heavy (non-hydrogen) atoms. The van der Waals surface area contributed by atoms with E-state index in [0.717, 1.165) is 5.56 Å². The maximum Gasteiger partial charge on any atom is 0.240 e. The van der Waals surface area contributed by atoms with E-state index >= 15 is 0 Å². The Kier molecular flexibility index (Phi) is 3.04. The zero-order valence-electron chi connectivity index (χ0n) is 11.0. The highest BCUT2D eigenvalue weighted by atomic mass is 16.2. The first kappa shape index (κ1) is 13.1. The number of hydrogen-bond donors (Lipinski definition) is 0. The molecule has 1 heterocycles. The van der Waals surface area contributed by atoms with Gasteiger partial charge in [0.1, 0.15) is 5.41 Å². The first-order valence-electron chi connectivity index (χ1n) is 5.86. The summed E-state index contributed by atoms with van der Waals surface area (Å²) < 4.78 is 0. The van der Waals surface area contributed by atoms with Gasteiger partial charge in [-0.2, -0.15) is 0 Å². The minimum atomic E-state index is -1.32. The van der Waals surface area contributed by atoms with Gasteiger partial charge < -0.3 is 4.90 Å². The number of rotatable bonds is 2. The van der Waals surface area contributed by atoms with Gasteiger partial charge in [0, 0.05) is 24.1 Å². The molecule has 1 atom stereocenters. The number of hydrogen-bond acceptors (Lipinski definition) is 3. The molecule has 0 N–H and O–H groups in total.